The van der Waals surface area contributed by atoms with Crippen molar-refractivity contribution in [3.8, 4) is 0 Å². The van der Waals surface area contributed by atoms with Gasteiger partial charge in [-0.05, 0) is 30.5 Å². The van der Waals surface area contributed by atoms with Gasteiger partial charge in [0.2, 0.25) is 11.8 Å². The van der Waals surface area contributed by atoms with E-state index in [-0.39, 0.29) is 18.2 Å². The molecule has 4 heteroatoms. The zero-order valence-corrected chi connectivity index (χ0v) is 13.4. The summed E-state index contributed by atoms with van der Waals surface area (Å²) in [5, 5.41) is 3.29. The predicted molar refractivity (Wildman–Crippen MR) is 91.7 cm³/mol. The Hall–Kier alpha value is -2.62. The van der Waals surface area contributed by atoms with Crippen LogP contribution in [0.15, 0.2) is 42.5 Å². The van der Waals surface area contributed by atoms with Gasteiger partial charge >= 0.3 is 0 Å². The molecular weight excluding hydrogens is 288 g/mol. The summed E-state index contributed by atoms with van der Waals surface area (Å²) < 4.78 is 0. The molecular formula is C19H20N2O2. The van der Waals surface area contributed by atoms with Gasteiger partial charge in [-0.1, -0.05) is 42.0 Å². The molecule has 0 spiro atoms. The molecule has 0 aromatic heterocycles. The van der Waals surface area contributed by atoms with Crippen molar-refractivity contribution in [2.75, 3.05) is 16.8 Å². The van der Waals surface area contributed by atoms with E-state index in [1.165, 1.54) is 11.8 Å². The molecule has 0 fully saturated rings. The number of amides is 2. The van der Waals surface area contributed by atoms with Gasteiger partial charge in [-0.25, -0.2) is 4.90 Å². The molecule has 0 saturated heterocycles. The minimum atomic E-state index is -0.259. The summed E-state index contributed by atoms with van der Waals surface area (Å²) in [4.78, 5) is 26.2. The molecule has 1 heterocycles. The standard InChI is InChI=1S/C19H20N2O2/c1-13-5-3-6-15(11-13)12-18(23)21(14(2)22)17-8-4-7-16-9-10-20-19(16)17/h3-8,11,20H,9-10,12H2,1-2H3. The lowest BCUT2D eigenvalue weighted by Crippen LogP contribution is -2.36. The molecule has 0 unspecified atom stereocenters. The van der Waals surface area contributed by atoms with Crippen LogP contribution in [0.1, 0.15) is 23.6 Å². The predicted octanol–water partition coefficient (Wildman–Crippen LogP) is 3.09. The molecule has 23 heavy (non-hydrogen) atoms. The zero-order chi connectivity index (χ0) is 16.4. The fraction of sp³-hybridized carbons (Fsp3) is 0.263. The van der Waals surface area contributed by atoms with Crippen LogP contribution in [0.5, 0.6) is 0 Å². The van der Waals surface area contributed by atoms with Gasteiger partial charge in [0.15, 0.2) is 0 Å². The minimum Gasteiger partial charge on any atom is -0.383 e. The lowest BCUT2D eigenvalue weighted by Gasteiger charge is -2.22. The molecule has 0 atom stereocenters. The number of imide groups is 1. The summed E-state index contributed by atoms with van der Waals surface area (Å²) in [6.45, 7) is 4.26. The quantitative estimate of drug-likeness (QED) is 0.948. The normalized spacial score (nSPS) is 12.4. The maximum atomic E-state index is 12.7. The van der Waals surface area contributed by atoms with E-state index in [2.05, 4.69) is 5.32 Å². The molecule has 118 valence electrons. The lowest BCUT2D eigenvalue weighted by atomic mass is 10.1. The van der Waals surface area contributed by atoms with Crippen LogP contribution in [0, 0.1) is 6.92 Å². The van der Waals surface area contributed by atoms with E-state index in [0.29, 0.717) is 5.69 Å². The molecule has 0 bridgehead atoms. The third kappa shape index (κ3) is 3.11. The van der Waals surface area contributed by atoms with Gasteiger partial charge in [-0.3, -0.25) is 9.59 Å². The molecule has 0 saturated carbocycles. The van der Waals surface area contributed by atoms with Gasteiger partial charge < -0.3 is 5.32 Å². The van der Waals surface area contributed by atoms with Crippen LogP contribution >= 0.6 is 0 Å². The second kappa shape index (κ2) is 6.24. The largest absolute Gasteiger partial charge is 0.383 e. The number of para-hydroxylation sites is 1. The number of fused-ring (bicyclic) bond motifs is 1. The number of carbonyl (C=O) groups is 2. The number of hydrogen-bond acceptors (Lipinski definition) is 3. The van der Waals surface area contributed by atoms with Gasteiger partial charge in [0.25, 0.3) is 0 Å². The fourth-order valence-electron chi connectivity index (χ4n) is 3.06. The van der Waals surface area contributed by atoms with Crippen molar-refractivity contribution in [3.63, 3.8) is 0 Å². The van der Waals surface area contributed by atoms with E-state index < -0.39 is 0 Å². The third-order valence-corrected chi connectivity index (χ3v) is 4.07. The Bertz CT molecular complexity index is 768. The Balaban J connectivity index is 1.92. The number of rotatable bonds is 3. The van der Waals surface area contributed by atoms with E-state index >= 15 is 0 Å². The molecule has 1 aliphatic heterocycles. The van der Waals surface area contributed by atoms with Crippen LogP contribution in [0.3, 0.4) is 0 Å². The highest BCUT2D eigenvalue weighted by Gasteiger charge is 2.25. The highest BCUT2D eigenvalue weighted by Crippen LogP contribution is 2.33. The van der Waals surface area contributed by atoms with Gasteiger partial charge in [0.05, 0.1) is 17.8 Å². The Labute approximate surface area is 136 Å². The number of nitrogens with one attached hydrogen (secondary N) is 1. The van der Waals surface area contributed by atoms with Gasteiger partial charge in [0, 0.05) is 13.5 Å². The molecule has 4 nitrogen and oxygen atoms in total. The first-order chi connectivity index (χ1) is 11.1. The Morgan fingerprint density at radius 2 is 1.96 bits per heavy atom. The zero-order valence-electron chi connectivity index (χ0n) is 13.4. The molecule has 0 aliphatic carbocycles. The van der Waals surface area contributed by atoms with Crippen molar-refractivity contribution >= 4 is 23.2 Å². The minimum absolute atomic E-state index is 0.204. The monoisotopic (exact) mass is 308 g/mol. The fourth-order valence-corrected chi connectivity index (χ4v) is 3.06. The van der Waals surface area contributed by atoms with Gasteiger partial charge in [-0.2, -0.15) is 0 Å². The summed E-state index contributed by atoms with van der Waals surface area (Å²) in [7, 11) is 0. The number of carbonyl (C=O) groups excluding carboxylic acids is 2. The second-order valence-electron chi connectivity index (χ2n) is 5.90. The summed E-state index contributed by atoms with van der Waals surface area (Å²) in [6.07, 6.45) is 1.13. The molecule has 2 aromatic carbocycles. The Morgan fingerprint density at radius 3 is 2.70 bits per heavy atom. The van der Waals surface area contributed by atoms with Crippen molar-refractivity contribution in [2.45, 2.75) is 26.7 Å². The topological polar surface area (TPSA) is 49.4 Å². The van der Waals surface area contributed by atoms with Crippen LogP contribution in [0.25, 0.3) is 0 Å². The maximum absolute atomic E-state index is 12.7. The number of aryl methyl sites for hydroxylation is 1. The van der Waals surface area contributed by atoms with Crippen molar-refractivity contribution in [1.29, 1.82) is 0 Å². The summed E-state index contributed by atoms with van der Waals surface area (Å²) in [5.41, 5.74) is 4.73. The molecule has 1 aliphatic rings. The summed E-state index contributed by atoms with van der Waals surface area (Å²) >= 11 is 0. The summed E-state index contributed by atoms with van der Waals surface area (Å²) in [6, 6.07) is 13.6. The second-order valence-corrected chi connectivity index (χ2v) is 5.90. The first-order valence-electron chi connectivity index (χ1n) is 7.81. The third-order valence-electron chi connectivity index (χ3n) is 4.07. The van der Waals surface area contributed by atoms with E-state index in [0.717, 1.165) is 35.3 Å². The van der Waals surface area contributed by atoms with Crippen molar-refractivity contribution in [3.05, 3.63) is 59.2 Å². The highest BCUT2D eigenvalue weighted by atomic mass is 16.2. The van der Waals surface area contributed by atoms with Crippen molar-refractivity contribution in [1.82, 2.24) is 0 Å². The first-order valence-corrected chi connectivity index (χ1v) is 7.81. The average Bonchev–Trinajstić information content (AvgIpc) is 2.96. The molecule has 2 aromatic rings. The SMILES string of the molecule is CC(=O)N(C(=O)Cc1cccc(C)c1)c1cccc2c1NCC2. The smallest absolute Gasteiger partial charge is 0.238 e. The number of benzene rings is 2. The Kier molecular flexibility index (Phi) is 4.15. The van der Waals surface area contributed by atoms with E-state index in [1.807, 2.05) is 49.4 Å². The van der Waals surface area contributed by atoms with Crippen LogP contribution in [-0.4, -0.2) is 18.4 Å². The van der Waals surface area contributed by atoms with Crippen LogP contribution in [-0.2, 0) is 22.4 Å². The lowest BCUT2D eigenvalue weighted by molar-refractivity contribution is -0.125. The van der Waals surface area contributed by atoms with E-state index in [9.17, 15) is 9.59 Å². The molecule has 1 N–H and O–H groups in total. The van der Waals surface area contributed by atoms with E-state index in [4.69, 9.17) is 0 Å². The first kappa shape index (κ1) is 15.3. The number of anilines is 2. The maximum Gasteiger partial charge on any atom is 0.238 e. The average molecular weight is 308 g/mol. The van der Waals surface area contributed by atoms with Crippen LogP contribution in [0.2, 0.25) is 0 Å². The Morgan fingerprint density at radius 1 is 1.17 bits per heavy atom. The van der Waals surface area contributed by atoms with Crippen LogP contribution in [0.4, 0.5) is 11.4 Å². The van der Waals surface area contributed by atoms with Crippen molar-refractivity contribution < 1.29 is 9.59 Å². The highest BCUT2D eigenvalue weighted by molar-refractivity contribution is 6.16. The molecule has 3 rings (SSSR count). The van der Waals surface area contributed by atoms with Crippen molar-refractivity contribution in [2.24, 2.45) is 0 Å². The van der Waals surface area contributed by atoms with Gasteiger partial charge in [-0.15, -0.1) is 0 Å². The molecule has 0 radical (unpaired) electrons. The van der Waals surface area contributed by atoms with E-state index in [1.54, 1.807) is 0 Å². The van der Waals surface area contributed by atoms with Gasteiger partial charge in [0.1, 0.15) is 0 Å². The summed E-state index contributed by atoms with van der Waals surface area (Å²) in [5.74, 6) is -0.463. The number of nitrogens with zero attached hydrogens (tertiary/aromatic N) is 1. The number of hydrogen-bond donors (Lipinski definition) is 1. The molecule has 2 amide bonds. The van der Waals surface area contributed by atoms with Crippen LogP contribution < -0.4 is 10.2 Å².